The molecule has 2 rings (SSSR count). The number of carbonyl (C=O) groups is 1. The van der Waals surface area contributed by atoms with E-state index >= 15 is 0 Å². The molecule has 418 valence electrons. The summed E-state index contributed by atoms with van der Waals surface area (Å²) in [6.45, 7) is 2.60. The summed E-state index contributed by atoms with van der Waals surface area (Å²) in [7, 11) is 0. The van der Waals surface area contributed by atoms with Crippen LogP contribution in [0.25, 0.3) is 0 Å². The molecule has 0 bridgehead atoms. The van der Waals surface area contributed by atoms with Crippen LogP contribution in [0, 0.1) is 0 Å². The van der Waals surface area contributed by atoms with Crippen LogP contribution >= 0.6 is 0 Å². The first kappa shape index (κ1) is 66.0. The molecule has 12 atom stereocenters. The van der Waals surface area contributed by atoms with Crippen molar-refractivity contribution in [2.75, 3.05) is 19.8 Å². The highest BCUT2D eigenvalue weighted by atomic mass is 16.7. The fourth-order valence-corrected chi connectivity index (χ4v) is 8.46. The molecule has 12 unspecified atom stereocenters. The number of allylic oxidation sites excluding steroid dienone is 15. The molecule has 2 fully saturated rings. The van der Waals surface area contributed by atoms with Crippen molar-refractivity contribution in [2.45, 2.75) is 248 Å². The van der Waals surface area contributed by atoms with Crippen LogP contribution in [-0.4, -0.2) is 140 Å². The van der Waals surface area contributed by atoms with Crippen molar-refractivity contribution in [2.24, 2.45) is 0 Å². The van der Waals surface area contributed by atoms with Gasteiger partial charge in [-0.2, -0.15) is 0 Å². The van der Waals surface area contributed by atoms with Crippen LogP contribution in [-0.2, 0) is 23.7 Å². The SMILES string of the molecule is CC/C=C\C/C=C\C/C=C\C/C=C\C/C=C\CCCCCCCCCCCC(=O)NC(COC1OC(CO)C(OC2OC(CO)C(O)C(O)C2O)C(O)C1O)C(O)/C=C/CC/C=C/CC/C=C/CCCCCC. The molecule has 2 heterocycles. The molecular weight excluding hydrogens is 931 g/mol. The smallest absolute Gasteiger partial charge is 0.220 e. The predicted molar refractivity (Wildman–Crippen MR) is 290 cm³/mol. The number of nitrogens with one attached hydrogen (secondary N) is 1. The third kappa shape index (κ3) is 30.3. The largest absolute Gasteiger partial charge is 0.394 e. The normalized spacial score (nSPS) is 26.2. The van der Waals surface area contributed by atoms with Crippen molar-refractivity contribution < 1.29 is 64.6 Å². The van der Waals surface area contributed by atoms with E-state index in [0.29, 0.717) is 12.8 Å². The van der Waals surface area contributed by atoms with E-state index in [1.807, 2.05) is 6.08 Å². The number of aliphatic hydroxyl groups excluding tert-OH is 8. The van der Waals surface area contributed by atoms with E-state index in [1.165, 1.54) is 57.8 Å². The summed E-state index contributed by atoms with van der Waals surface area (Å²) >= 11 is 0. The summed E-state index contributed by atoms with van der Waals surface area (Å²) in [5.74, 6) is -0.266. The van der Waals surface area contributed by atoms with E-state index in [1.54, 1.807) is 6.08 Å². The zero-order valence-electron chi connectivity index (χ0n) is 44.6. The molecule has 0 spiro atoms. The molecular formula is C59H99NO13. The van der Waals surface area contributed by atoms with Gasteiger partial charge >= 0.3 is 0 Å². The molecule has 0 aromatic heterocycles. The van der Waals surface area contributed by atoms with Gasteiger partial charge in [-0.25, -0.2) is 0 Å². The number of carbonyl (C=O) groups excluding carboxylic acids is 1. The van der Waals surface area contributed by atoms with Gasteiger partial charge in [-0.1, -0.05) is 175 Å². The number of rotatable bonds is 42. The molecule has 0 aromatic rings. The van der Waals surface area contributed by atoms with Crippen LogP contribution in [0.5, 0.6) is 0 Å². The minimum absolute atomic E-state index is 0.256. The lowest BCUT2D eigenvalue weighted by Gasteiger charge is -2.46. The Kier molecular flexibility index (Phi) is 39.9. The Hall–Kier alpha value is -3.09. The maximum Gasteiger partial charge on any atom is 0.220 e. The lowest BCUT2D eigenvalue weighted by molar-refractivity contribution is -0.359. The average Bonchev–Trinajstić information content (AvgIpc) is 3.39. The Morgan fingerprint density at radius 1 is 0.507 bits per heavy atom. The number of hydrogen-bond donors (Lipinski definition) is 9. The van der Waals surface area contributed by atoms with Crippen LogP contribution < -0.4 is 5.32 Å². The van der Waals surface area contributed by atoms with Crippen molar-refractivity contribution in [3.63, 3.8) is 0 Å². The van der Waals surface area contributed by atoms with Crippen molar-refractivity contribution in [3.8, 4) is 0 Å². The standard InChI is InChI=1S/C59H99NO13/c1-3-5-7-9-11-13-15-17-19-20-21-22-23-24-25-26-27-28-29-31-33-35-37-39-41-43-51(64)60-47(48(63)42-40-38-36-34-32-30-18-16-14-12-10-8-6-4-2)46-70-58-56(69)54(67)57(50(45-62)72-58)73-59-55(68)53(66)52(65)49(44-61)71-59/h5,7,11,13-14,16-17,19,21-22,24-25,32,34,40,42,47-50,52-59,61-63,65-69H,3-4,6,8-10,12,15,18,20,23,26-31,33,35-39,41,43-46H2,1-2H3,(H,60,64)/b7-5-,13-11-,16-14+,19-17-,22-21-,25-24-,34-32+,42-40+. The van der Waals surface area contributed by atoms with E-state index in [-0.39, 0.29) is 18.9 Å². The second-order valence-electron chi connectivity index (χ2n) is 19.3. The van der Waals surface area contributed by atoms with Gasteiger partial charge in [0.25, 0.3) is 0 Å². The average molecular weight is 1030 g/mol. The number of aliphatic hydroxyl groups is 8. The molecule has 0 saturated carbocycles. The highest BCUT2D eigenvalue weighted by molar-refractivity contribution is 5.76. The van der Waals surface area contributed by atoms with Crippen molar-refractivity contribution in [1.29, 1.82) is 0 Å². The maximum atomic E-state index is 13.2. The topological polar surface area (TPSA) is 228 Å². The van der Waals surface area contributed by atoms with Crippen molar-refractivity contribution >= 4 is 5.91 Å². The molecule has 2 saturated heterocycles. The van der Waals surface area contributed by atoms with Crippen LogP contribution in [0.2, 0.25) is 0 Å². The van der Waals surface area contributed by atoms with Crippen LogP contribution in [0.4, 0.5) is 0 Å². The van der Waals surface area contributed by atoms with E-state index in [2.05, 4.69) is 104 Å². The third-order valence-electron chi connectivity index (χ3n) is 13.0. The van der Waals surface area contributed by atoms with Gasteiger partial charge in [-0.05, 0) is 89.9 Å². The highest BCUT2D eigenvalue weighted by Gasteiger charge is 2.51. The fourth-order valence-electron chi connectivity index (χ4n) is 8.46. The van der Waals surface area contributed by atoms with Gasteiger partial charge in [-0.15, -0.1) is 0 Å². The quantitative estimate of drug-likeness (QED) is 0.0206. The molecule has 9 N–H and O–H groups in total. The van der Waals surface area contributed by atoms with Crippen LogP contribution in [0.3, 0.4) is 0 Å². The van der Waals surface area contributed by atoms with Gasteiger partial charge < -0.3 is 65.1 Å². The van der Waals surface area contributed by atoms with Gasteiger partial charge in [-0.3, -0.25) is 4.79 Å². The summed E-state index contributed by atoms with van der Waals surface area (Å²) in [5.41, 5.74) is 0. The van der Waals surface area contributed by atoms with Gasteiger partial charge in [0.05, 0.1) is 32.0 Å². The van der Waals surface area contributed by atoms with Gasteiger partial charge in [0.2, 0.25) is 5.91 Å². The number of hydrogen-bond acceptors (Lipinski definition) is 13. The molecule has 73 heavy (non-hydrogen) atoms. The van der Waals surface area contributed by atoms with E-state index < -0.39 is 86.8 Å². The highest BCUT2D eigenvalue weighted by Crippen LogP contribution is 2.30. The van der Waals surface area contributed by atoms with Crippen molar-refractivity contribution in [1.82, 2.24) is 5.32 Å². The Morgan fingerprint density at radius 3 is 1.51 bits per heavy atom. The maximum absolute atomic E-state index is 13.2. The van der Waals surface area contributed by atoms with Crippen LogP contribution in [0.15, 0.2) is 97.2 Å². The Balaban J connectivity index is 1.78. The Labute approximate surface area is 439 Å². The second-order valence-corrected chi connectivity index (χ2v) is 19.3. The summed E-state index contributed by atoms with van der Waals surface area (Å²) < 4.78 is 22.7. The minimum atomic E-state index is -1.80. The summed E-state index contributed by atoms with van der Waals surface area (Å²) in [5, 5.41) is 86.9. The zero-order valence-corrected chi connectivity index (χ0v) is 44.6. The summed E-state index contributed by atoms with van der Waals surface area (Å²) in [6.07, 6.45) is 43.0. The number of ether oxygens (including phenoxy) is 4. The molecule has 14 nitrogen and oxygen atoms in total. The van der Waals surface area contributed by atoms with Gasteiger partial charge in [0, 0.05) is 6.42 Å². The first-order valence-corrected chi connectivity index (χ1v) is 28.0. The van der Waals surface area contributed by atoms with Crippen LogP contribution in [0.1, 0.15) is 174 Å². The van der Waals surface area contributed by atoms with Gasteiger partial charge in [0.15, 0.2) is 12.6 Å². The van der Waals surface area contributed by atoms with E-state index in [0.717, 1.165) is 83.5 Å². The zero-order chi connectivity index (χ0) is 53.2. The van der Waals surface area contributed by atoms with Gasteiger partial charge in [0.1, 0.15) is 48.8 Å². The van der Waals surface area contributed by atoms with E-state index in [4.69, 9.17) is 18.9 Å². The molecule has 0 radical (unpaired) electrons. The predicted octanol–water partition coefficient (Wildman–Crippen LogP) is 8.71. The second kappa shape index (κ2) is 44.1. The van der Waals surface area contributed by atoms with E-state index in [9.17, 15) is 45.6 Å². The number of amides is 1. The van der Waals surface area contributed by atoms with Crippen molar-refractivity contribution in [3.05, 3.63) is 97.2 Å². The Bertz CT molecular complexity index is 1590. The first-order valence-electron chi connectivity index (χ1n) is 28.0. The minimum Gasteiger partial charge on any atom is -0.394 e. The monoisotopic (exact) mass is 1030 g/mol. The molecule has 2 aliphatic heterocycles. The fraction of sp³-hybridized carbons (Fsp3) is 0.712. The lowest BCUT2D eigenvalue weighted by atomic mass is 9.97. The molecule has 2 aliphatic rings. The Morgan fingerprint density at radius 2 is 0.959 bits per heavy atom. The molecule has 1 amide bonds. The molecule has 14 heteroatoms. The third-order valence-corrected chi connectivity index (χ3v) is 13.0. The first-order chi connectivity index (χ1) is 35.6. The summed E-state index contributed by atoms with van der Waals surface area (Å²) in [6, 6.07) is -0.947. The summed E-state index contributed by atoms with van der Waals surface area (Å²) in [4.78, 5) is 13.2. The number of unbranched alkanes of at least 4 members (excludes halogenated alkanes) is 15. The lowest BCUT2D eigenvalue weighted by Crippen LogP contribution is -2.65. The molecule has 0 aliphatic carbocycles. The molecule has 0 aromatic carbocycles.